The Hall–Kier alpha value is -3.94. The number of nitrogens with zero attached hydrogens (tertiary/aromatic N) is 3. The van der Waals surface area contributed by atoms with Gasteiger partial charge in [-0.25, -0.2) is 9.37 Å². The van der Waals surface area contributed by atoms with E-state index >= 15 is 0 Å². The summed E-state index contributed by atoms with van der Waals surface area (Å²) in [7, 11) is 5.16. The SMILES string of the molecule is CN=C(NCc1ccc(C(=O)N(C)C)cc1)NCc1ccc(Oc2cccc(F)c2)nc1. The predicted octanol–water partition coefficient (Wildman–Crippen LogP) is 3.58. The van der Waals surface area contributed by atoms with E-state index in [1.165, 1.54) is 12.1 Å². The molecule has 1 aromatic heterocycles. The van der Waals surface area contributed by atoms with Crippen LogP contribution in [0.15, 0.2) is 71.9 Å². The Kier molecular flexibility index (Phi) is 7.75. The molecule has 0 saturated heterocycles. The van der Waals surface area contributed by atoms with Gasteiger partial charge >= 0.3 is 0 Å². The molecule has 0 aliphatic heterocycles. The van der Waals surface area contributed by atoms with E-state index in [4.69, 9.17) is 4.74 Å². The predicted molar refractivity (Wildman–Crippen MR) is 122 cm³/mol. The summed E-state index contributed by atoms with van der Waals surface area (Å²) in [6.45, 7) is 1.08. The number of carbonyl (C=O) groups is 1. The number of aliphatic imine (C=N–C) groups is 1. The van der Waals surface area contributed by atoms with Crippen molar-refractivity contribution in [3.63, 3.8) is 0 Å². The molecule has 0 saturated carbocycles. The molecular formula is C24H26FN5O2. The zero-order chi connectivity index (χ0) is 22.9. The molecule has 7 nitrogen and oxygen atoms in total. The summed E-state index contributed by atoms with van der Waals surface area (Å²) in [5.41, 5.74) is 2.62. The third kappa shape index (κ3) is 6.53. The van der Waals surface area contributed by atoms with Gasteiger partial charge < -0.3 is 20.3 Å². The highest BCUT2D eigenvalue weighted by Crippen LogP contribution is 2.20. The fraction of sp³-hybridized carbons (Fsp3) is 0.208. The molecule has 0 radical (unpaired) electrons. The second-order valence-electron chi connectivity index (χ2n) is 7.24. The van der Waals surface area contributed by atoms with Crippen molar-refractivity contribution in [1.29, 1.82) is 0 Å². The molecule has 2 N–H and O–H groups in total. The van der Waals surface area contributed by atoms with Crippen molar-refractivity contribution in [3.05, 3.63) is 89.4 Å². The van der Waals surface area contributed by atoms with Crippen LogP contribution in [0, 0.1) is 5.82 Å². The first kappa shape index (κ1) is 22.7. The number of nitrogens with one attached hydrogen (secondary N) is 2. The van der Waals surface area contributed by atoms with Gasteiger partial charge in [-0.1, -0.05) is 24.3 Å². The molecule has 0 spiro atoms. The number of amides is 1. The maximum Gasteiger partial charge on any atom is 0.253 e. The van der Waals surface area contributed by atoms with Crippen LogP contribution in [0.5, 0.6) is 11.6 Å². The van der Waals surface area contributed by atoms with Crippen molar-refractivity contribution in [2.45, 2.75) is 13.1 Å². The van der Waals surface area contributed by atoms with Gasteiger partial charge in [-0.2, -0.15) is 0 Å². The molecule has 0 bridgehead atoms. The van der Waals surface area contributed by atoms with Crippen molar-refractivity contribution >= 4 is 11.9 Å². The highest BCUT2D eigenvalue weighted by atomic mass is 19.1. The van der Waals surface area contributed by atoms with E-state index in [0.29, 0.717) is 36.2 Å². The maximum absolute atomic E-state index is 13.3. The van der Waals surface area contributed by atoms with Gasteiger partial charge in [0.2, 0.25) is 5.88 Å². The topological polar surface area (TPSA) is 78.9 Å². The Labute approximate surface area is 187 Å². The molecule has 3 rings (SSSR count). The number of benzene rings is 2. The molecule has 0 aliphatic carbocycles. The number of aromatic nitrogens is 1. The van der Waals surface area contributed by atoms with Gasteiger partial charge in [-0.05, 0) is 35.4 Å². The second-order valence-corrected chi connectivity index (χ2v) is 7.24. The Bertz CT molecular complexity index is 1070. The number of carbonyl (C=O) groups excluding carboxylic acids is 1. The molecule has 166 valence electrons. The number of guanidine groups is 1. The van der Waals surface area contributed by atoms with Gasteiger partial charge in [0.15, 0.2) is 5.96 Å². The van der Waals surface area contributed by atoms with Crippen LogP contribution in [0.2, 0.25) is 0 Å². The number of pyridine rings is 1. The van der Waals surface area contributed by atoms with Crippen LogP contribution >= 0.6 is 0 Å². The lowest BCUT2D eigenvalue weighted by atomic mass is 10.1. The number of halogens is 1. The zero-order valence-electron chi connectivity index (χ0n) is 18.3. The molecule has 8 heteroatoms. The minimum absolute atomic E-state index is 0.0251. The van der Waals surface area contributed by atoms with Gasteiger partial charge in [-0.15, -0.1) is 0 Å². The summed E-state index contributed by atoms with van der Waals surface area (Å²) < 4.78 is 18.8. The molecule has 0 aliphatic rings. The van der Waals surface area contributed by atoms with Gasteiger partial charge in [0.1, 0.15) is 11.6 Å². The standard InChI is InChI=1S/C24H26FN5O2/c1-26-24(28-14-17-7-10-19(11-8-17)23(31)30(2)3)29-16-18-9-12-22(27-15-18)32-21-6-4-5-20(25)13-21/h4-13,15H,14,16H2,1-3H3,(H2,26,28,29). The highest BCUT2D eigenvalue weighted by molar-refractivity contribution is 5.93. The van der Waals surface area contributed by atoms with Crippen molar-refractivity contribution in [1.82, 2.24) is 20.5 Å². The average molecular weight is 436 g/mol. The lowest BCUT2D eigenvalue weighted by molar-refractivity contribution is 0.0827. The van der Waals surface area contributed by atoms with Crippen molar-refractivity contribution in [3.8, 4) is 11.6 Å². The van der Waals surface area contributed by atoms with E-state index in [9.17, 15) is 9.18 Å². The van der Waals surface area contributed by atoms with E-state index in [0.717, 1.165) is 11.1 Å². The van der Waals surface area contributed by atoms with Crippen LogP contribution in [0.1, 0.15) is 21.5 Å². The Morgan fingerprint density at radius 3 is 2.31 bits per heavy atom. The zero-order valence-corrected chi connectivity index (χ0v) is 18.3. The van der Waals surface area contributed by atoms with Crippen molar-refractivity contribution < 1.29 is 13.9 Å². The van der Waals surface area contributed by atoms with Crippen LogP contribution in [0.4, 0.5) is 4.39 Å². The Morgan fingerprint density at radius 2 is 1.72 bits per heavy atom. The number of ether oxygens (including phenoxy) is 1. The number of hydrogen-bond donors (Lipinski definition) is 2. The van der Waals surface area contributed by atoms with Crippen LogP contribution in [-0.2, 0) is 13.1 Å². The first-order valence-electron chi connectivity index (χ1n) is 10.1. The number of rotatable bonds is 7. The fourth-order valence-corrected chi connectivity index (χ4v) is 2.84. The van der Waals surface area contributed by atoms with E-state index in [2.05, 4.69) is 20.6 Å². The van der Waals surface area contributed by atoms with Crippen molar-refractivity contribution in [2.75, 3.05) is 21.1 Å². The smallest absolute Gasteiger partial charge is 0.253 e. The monoisotopic (exact) mass is 435 g/mol. The van der Waals surface area contributed by atoms with Gasteiger partial charge in [-0.3, -0.25) is 9.79 Å². The largest absolute Gasteiger partial charge is 0.439 e. The van der Waals surface area contributed by atoms with Crippen LogP contribution < -0.4 is 15.4 Å². The summed E-state index contributed by atoms with van der Waals surface area (Å²) >= 11 is 0. The first-order chi connectivity index (χ1) is 15.4. The highest BCUT2D eigenvalue weighted by Gasteiger charge is 2.07. The molecule has 3 aromatic rings. The van der Waals surface area contributed by atoms with Crippen LogP contribution in [0.3, 0.4) is 0 Å². The second kappa shape index (κ2) is 10.9. The molecule has 1 amide bonds. The molecule has 32 heavy (non-hydrogen) atoms. The Balaban J connectivity index is 1.48. The van der Waals surface area contributed by atoms with Gasteiger partial charge in [0.25, 0.3) is 5.91 Å². The maximum atomic E-state index is 13.3. The summed E-state index contributed by atoms with van der Waals surface area (Å²) in [5, 5.41) is 6.46. The fourth-order valence-electron chi connectivity index (χ4n) is 2.84. The molecule has 1 heterocycles. The van der Waals surface area contributed by atoms with Crippen LogP contribution in [-0.4, -0.2) is 42.9 Å². The van der Waals surface area contributed by atoms with Gasteiger partial charge in [0, 0.05) is 58.1 Å². The van der Waals surface area contributed by atoms with Crippen LogP contribution in [0.25, 0.3) is 0 Å². The first-order valence-corrected chi connectivity index (χ1v) is 10.1. The molecule has 0 unspecified atom stereocenters. The number of hydrogen-bond acceptors (Lipinski definition) is 4. The van der Waals surface area contributed by atoms with E-state index in [1.807, 2.05) is 30.3 Å². The summed E-state index contributed by atoms with van der Waals surface area (Å²) in [6.07, 6.45) is 1.69. The molecule has 0 atom stereocenters. The lowest BCUT2D eigenvalue weighted by Crippen LogP contribution is -2.36. The van der Waals surface area contributed by atoms with E-state index in [1.54, 1.807) is 50.4 Å². The third-order valence-electron chi connectivity index (χ3n) is 4.57. The molecular weight excluding hydrogens is 409 g/mol. The summed E-state index contributed by atoms with van der Waals surface area (Å²) in [5.74, 6) is 1.03. The normalized spacial score (nSPS) is 11.1. The average Bonchev–Trinajstić information content (AvgIpc) is 2.80. The van der Waals surface area contributed by atoms with Crippen molar-refractivity contribution in [2.24, 2.45) is 4.99 Å². The summed E-state index contributed by atoms with van der Waals surface area (Å²) in [4.78, 5) is 22.0. The quantitative estimate of drug-likeness (QED) is 0.438. The molecule has 2 aromatic carbocycles. The lowest BCUT2D eigenvalue weighted by Gasteiger charge is -2.13. The third-order valence-corrected chi connectivity index (χ3v) is 4.57. The van der Waals surface area contributed by atoms with E-state index in [-0.39, 0.29) is 11.7 Å². The van der Waals surface area contributed by atoms with Gasteiger partial charge in [0.05, 0.1) is 0 Å². The minimum Gasteiger partial charge on any atom is -0.439 e. The minimum atomic E-state index is -0.361. The Morgan fingerprint density at radius 1 is 1.03 bits per heavy atom. The summed E-state index contributed by atoms with van der Waals surface area (Å²) in [6, 6.07) is 17.0. The molecule has 0 fully saturated rings. The van der Waals surface area contributed by atoms with E-state index < -0.39 is 0 Å².